The van der Waals surface area contributed by atoms with Crippen LogP contribution in [-0.2, 0) is 4.57 Å². The Morgan fingerprint density at radius 3 is 2.24 bits per heavy atom. The summed E-state index contributed by atoms with van der Waals surface area (Å²) in [7, 11) is -3.17. The Bertz CT molecular complexity index is 2120. The van der Waals surface area contributed by atoms with Gasteiger partial charge in [-0.05, 0) is 69.9 Å². The Labute approximate surface area is 220 Å². The first-order chi connectivity index (χ1) is 18.6. The summed E-state index contributed by atoms with van der Waals surface area (Å²) in [5, 5.41) is 7.42. The highest BCUT2D eigenvalue weighted by molar-refractivity contribution is 7.86. The molecule has 0 aliphatic carbocycles. The summed E-state index contributed by atoms with van der Waals surface area (Å²) in [5.41, 5.74) is 4.99. The molecule has 1 aliphatic rings. The molecule has 0 fully saturated rings. The van der Waals surface area contributed by atoms with Gasteiger partial charge in [0.2, 0.25) is 0 Å². The second-order valence-electron chi connectivity index (χ2n) is 9.98. The van der Waals surface area contributed by atoms with Crippen LogP contribution in [0.4, 0.5) is 0 Å². The van der Waals surface area contributed by atoms with Crippen molar-refractivity contribution < 1.29 is 4.57 Å². The molecule has 2 heterocycles. The Hall–Kier alpha value is -4.46. The fourth-order valence-electron chi connectivity index (χ4n) is 6.25. The highest BCUT2D eigenvalue weighted by Crippen LogP contribution is 2.50. The van der Waals surface area contributed by atoms with Gasteiger partial charge in [-0.1, -0.05) is 91.0 Å². The maximum atomic E-state index is 15.5. The van der Waals surface area contributed by atoms with Crippen LogP contribution in [0.15, 0.2) is 121 Å². The molecule has 38 heavy (non-hydrogen) atoms. The van der Waals surface area contributed by atoms with Crippen molar-refractivity contribution in [3.63, 3.8) is 0 Å². The number of aromatic nitrogens is 2. The van der Waals surface area contributed by atoms with Crippen LogP contribution in [0.3, 0.4) is 0 Å². The fourth-order valence-corrected chi connectivity index (χ4v) is 9.28. The molecule has 7 aromatic rings. The van der Waals surface area contributed by atoms with Gasteiger partial charge < -0.3 is 4.57 Å². The van der Waals surface area contributed by atoms with Crippen LogP contribution in [0.25, 0.3) is 49.4 Å². The number of nitrogens with zero attached hydrogens (tertiary/aromatic N) is 2. The third kappa shape index (κ3) is 2.80. The Morgan fingerprint density at radius 1 is 0.658 bits per heavy atom. The molecular formula is C34H23N2OP. The fraction of sp³-hybridized carbons (Fsp3) is 0.0294. The van der Waals surface area contributed by atoms with E-state index in [4.69, 9.17) is 4.98 Å². The Balaban J connectivity index is 1.49. The lowest BCUT2D eigenvalue weighted by molar-refractivity contribution is 0.592. The van der Waals surface area contributed by atoms with Gasteiger partial charge >= 0.3 is 0 Å². The zero-order chi connectivity index (χ0) is 25.4. The van der Waals surface area contributed by atoms with Crippen LogP contribution >= 0.6 is 7.14 Å². The first-order valence-electron chi connectivity index (χ1n) is 12.8. The molecule has 1 aliphatic heterocycles. The summed E-state index contributed by atoms with van der Waals surface area (Å²) in [5.74, 6) is 0.900. The number of imidazole rings is 1. The SMILES string of the molecule is Cc1nc2cccc3c2n1-c1ccc(-c2cc4ccccc4c4ccccc24)cc1P3(=O)c1ccccc1. The van der Waals surface area contributed by atoms with Gasteiger partial charge in [-0.2, -0.15) is 0 Å². The van der Waals surface area contributed by atoms with Crippen molar-refractivity contribution in [2.24, 2.45) is 0 Å². The summed E-state index contributed by atoms with van der Waals surface area (Å²) in [6, 6.07) is 41.8. The van der Waals surface area contributed by atoms with Crippen molar-refractivity contribution in [1.29, 1.82) is 0 Å². The predicted molar refractivity (Wildman–Crippen MR) is 159 cm³/mol. The lowest BCUT2D eigenvalue weighted by Gasteiger charge is -2.29. The van der Waals surface area contributed by atoms with Gasteiger partial charge in [-0.3, -0.25) is 4.57 Å². The second-order valence-corrected chi connectivity index (χ2v) is 12.7. The zero-order valence-corrected chi connectivity index (χ0v) is 21.7. The number of benzene rings is 6. The van der Waals surface area contributed by atoms with Gasteiger partial charge in [0.05, 0.1) is 16.7 Å². The lowest BCUT2D eigenvalue weighted by Crippen LogP contribution is -2.33. The number of fused-ring (bicyclic) bond motifs is 5. The average molecular weight is 507 g/mol. The van der Waals surface area contributed by atoms with Crippen LogP contribution in [0.5, 0.6) is 0 Å². The van der Waals surface area contributed by atoms with Crippen molar-refractivity contribution in [1.82, 2.24) is 9.55 Å². The Morgan fingerprint density at radius 2 is 1.39 bits per heavy atom. The van der Waals surface area contributed by atoms with Crippen molar-refractivity contribution in [3.05, 3.63) is 127 Å². The van der Waals surface area contributed by atoms with E-state index in [1.165, 1.54) is 21.5 Å². The average Bonchev–Trinajstić information content (AvgIpc) is 3.32. The minimum Gasteiger partial charge on any atom is -0.308 e. The van der Waals surface area contributed by atoms with Crippen LogP contribution in [0.1, 0.15) is 5.82 Å². The van der Waals surface area contributed by atoms with Gasteiger partial charge in [0, 0.05) is 15.9 Å². The van der Waals surface area contributed by atoms with Crippen LogP contribution < -0.4 is 15.9 Å². The van der Waals surface area contributed by atoms with E-state index in [1.807, 2.05) is 55.5 Å². The largest absolute Gasteiger partial charge is 0.308 e. The molecule has 1 atom stereocenters. The molecule has 3 nitrogen and oxygen atoms in total. The lowest BCUT2D eigenvalue weighted by atomic mass is 9.93. The van der Waals surface area contributed by atoms with E-state index in [0.717, 1.165) is 49.6 Å². The molecular weight excluding hydrogens is 483 g/mol. The summed E-state index contributed by atoms with van der Waals surface area (Å²) in [6.45, 7) is 2.02. The standard InChI is InChI=1S/C34H23N2OP/c1-22-35-30-16-9-17-32-34(30)36(22)31-19-18-24(21-33(31)38(32,37)25-11-3-2-4-12-25)29-20-23-10-5-6-13-26(23)27-14-7-8-15-28(27)29/h2-21H,1H3. The predicted octanol–water partition coefficient (Wildman–Crippen LogP) is 7.26. The van der Waals surface area contributed by atoms with Crippen molar-refractivity contribution in [2.45, 2.75) is 6.92 Å². The van der Waals surface area contributed by atoms with Crippen LogP contribution in [-0.4, -0.2) is 9.55 Å². The number of para-hydroxylation sites is 1. The minimum atomic E-state index is -3.17. The number of aryl methyl sites for hydroxylation is 1. The number of hydrogen-bond acceptors (Lipinski definition) is 2. The maximum absolute atomic E-state index is 15.5. The first-order valence-corrected chi connectivity index (χ1v) is 14.6. The third-order valence-electron chi connectivity index (χ3n) is 7.92. The molecule has 0 N–H and O–H groups in total. The molecule has 0 bridgehead atoms. The minimum absolute atomic E-state index is 0.847. The number of rotatable bonds is 2. The van der Waals surface area contributed by atoms with Gasteiger partial charge in [0.15, 0.2) is 7.14 Å². The van der Waals surface area contributed by atoms with E-state index in [-0.39, 0.29) is 0 Å². The second kappa shape index (κ2) is 7.77. The molecule has 0 spiro atoms. The van der Waals surface area contributed by atoms with Crippen LogP contribution in [0, 0.1) is 6.92 Å². The van der Waals surface area contributed by atoms with Crippen molar-refractivity contribution >= 4 is 55.6 Å². The van der Waals surface area contributed by atoms with Gasteiger partial charge in [-0.25, -0.2) is 4.98 Å². The normalized spacial score (nSPS) is 16.2. The molecule has 6 aromatic carbocycles. The summed E-state index contributed by atoms with van der Waals surface area (Å²) in [6.07, 6.45) is 0. The summed E-state index contributed by atoms with van der Waals surface area (Å²) < 4.78 is 17.7. The van der Waals surface area contributed by atoms with E-state index in [2.05, 4.69) is 77.4 Å². The molecule has 0 saturated heterocycles. The van der Waals surface area contributed by atoms with Gasteiger partial charge in [-0.15, -0.1) is 0 Å². The first kappa shape index (κ1) is 21.6. The van der Waals surface area contributed by atoms with E-state index in [9.17, 15) is 0 Å². The molecule has 0 amide bonds. The van der Waals surface area contributed by atoms with Gasteiger partial charge in [0.25, 0.3) is 0 Å². The molecule has 8 rings (SSSR count). The maximum Gasteiger partial charge on any atom is 0.175 e. The van der Waals surface area contributed by atoms with E-state index >= 15 is 4.57 Å². The van der Waals surface area contributed by atoms with Crippen molar-refractivity contribution in [3.8, 4) is 16.8 Å². The molecule has 180 valence electrons. The molecule has 4 heteroatoms. The van der Waals surface area contributed by atoms with Gasteiger partial charge in [0.1, 0.15) is 5.82 Å². The summed E-state index contributed by atoms with van der Waals surface area (Å²) >= 11 is 0. The van der Waals surface area contributed by atoms with Crippen molar-refractivity contribution in [2.75, 3.05) is 0 Å². The highest BCUT2D eigenvalue weighted by atomic mass is 31.2. The van der Waals surface area contributed by atoms with E-state index < -0.39 is 7.14 Å². The molecule has 1 aromatic heterocycles. The quantitative estimate of drug-likeness (QED) is 0.183. The zero-order valence-electron chi connectivity index (χ0n) is 20.8. The number of hydrogen-bond donors (Lipinski definition) is 0. The monoisotopic (exact) mass is 506 g/mol. The molecule has 0 radical (unpaired) electrons. The summed E-state index contributed by atoms with van der Waals surface area (Å²) in [4.78, 5) is 4.84. The molecule has 0 saturated carbocycles. The molecule has 1 unspecified atom stereocenters. The van der Waals surface area contributed by atoms with E-state index in [1.54, 1.807) is 0 Å². The van der Waals surface area contributed by atoms with Crippen LogP contribution in [0.2, 0.25) is 0 Å². The third-order valence-corrected chi connectivity index (χ3v) is 11.0. The topological polar surface area (TPSA) is 34.9 Å². The highest BCUT2D eigenvalue weighted by Gasteiger charge is 2.39. The smallest absolute Gasteiger partial charge is 0.175 e. The van der Waals surface area contributed by atoms with E-state index in [0.29, 0.717) is 0 Å². The Kier molecular flexibility index (Phi) is 4.42.